The van der Waals surface area contributed by atoms with Gasteiger partial charge in [0.25, 0.3) is 0 Å². The Morgan fingerprint density at radius 3 is 2.94 bits per heavy atom. The van der Waals surface area contributed by atoms with Crippen LogP contribution in [0.25, 0.3) is 0 Å². The summed E-state index contributed by atoms with van der Waals surface area (Å²) in [7, 11) is 0. The Morgan fingerprint density at radius 1 is 1.47 bits per heavy atom. The Hall–Kier alpha value is -0.900. The highest BCUT2D eigenvalue weighted by Crippen LogP contribution is 2.34. The Kier molecular flexibility index (Phi) is 3.82. The average Bonchev–Trinajstić information content (AvgIpc) is 2.39. The first kappa shape index (κ1) is 12.6. The molecule has 0 saturated carbocycles. The Bertz CT molecular complexity index is 374. The van der Waals surface area contributed by atoms with Gasteiger partial charge in [-0.15, -0.1) is 0 Å². The zero-order chi connectivity index (χ0) is 12.3. The quantitative estimate of drug-likeness (QED) is 0.836. The van der Waals surface area contributed by atoms with E-state index < -0.39 is 5.60 Å². The van der Waals surface area contributed by atoms with Crippen LogP contribution in [0.1, 0.15) is 37.0 Å². The third-order valence-corrected chi connectivity index (χ3v) is 3.70. The molecule has 0 aliphatic carbocycles. The average molecular weight is 235 g/mol. The van der Waals surface area contributed by atoms with Gasteiger partial charge in [0.1, 0.15) is 0 Å². The van der Waals surface area contributed by atoms with E-state index in [0.717, 1.165) is 13.0 Å². The maximum atomic E-state index is 10.3. The van der Waals surface area contributed by atoms with Crippen LogP contribution in [0.3, 0.4) is 0 Å². The summed E-state index contributed by atoms with van der Waals surface area (Å²) < 4.78 is 5.79. The second-order valence-corrected chi connectivity index (χ2v) is 4.79. The van der Waals surface area contributed by atoms with Gasteiger partial charge < -0.3 is 15.6 Å². The number of hydrogen-bond donors (Lipinski definition) is 2. The Balaban J connectivity index is 2.19. The van der Waals surface area contributed by atoms with E-state index in [1.165, 1.54) is 11.1 Å². The van der Waals surface area contributed by atoms with Gasteiger partial charge >= 0.3 is 0 Å². The van der Waals surface area contributed by atoms with Crippen LogP contribution in [-0.2, 0) is 11.2 Å². The number of hydrogen-bond acceptors (Lipinski definition) is 3. The normalized spacial score (nSPS) is 22.9. The molecule has 1 aromatic rings. The summed E-state index contributed by atoms with van der Waals surface area (Å²) in [4.78, 5) is 0. The van der Waals surface area contributed by atoms with Crippen molar-refractivity contribution in [3.63, 3.8) is 0 Å². The molecule has 0 fully saturated rings. The summed E-state index contributed by atoms with van der Waals surface area (Å²) >= 11 is 0. The molecule has 2 atom stereocenters. The van der Waals surface area contributed by atoms with Crippen molar-refractivity contribution in [2.45, 2.75) is 37.9 Å². The second kappa shape index (κ2) is 5.17. The highest BCUT2D eigenvalue weighted by atomic mass is 16.5. The van der Waals surface area contributed by atoms with Gasteiger partial charge in [-0.3, -0.25) is 0 Å². The largest absolute Gasteiger partial charge is 0.388 e. The zero-order valence-corrected chi connectivity index (χ0v) is 10.4. The highest BCUT2D eigenvalue weighted by Gasteiger charge is 2.31. The molecule has 0 amide bonds. The first-order valence-electron chi connectivity index (χ1n) is 6.30. The van der Waals surface area contributed by atoms with Crippen LogP contribution in [0.4, 0.5) is 0 Å². The Morgan fingerprint density at radius 2 is 2.24 bits per heavy atom. The third kappa shape index (κ3) is 2.68. The molecule has 3 nitrogen and oxygen atoms in total. The van der Waals surface area contributed by atoms with Crippen LogP contribution in [0, 0.1) is 0 Å². The van der Waals surface area contributed by atoms with Crippen molar-refractivity contribution in [1.29, 1.82) is 0 Å². The molecule has 3 heteroatoms. The van der Waals surface area contributed by atoms with Gasteiger partial charge in [-0.25, -0.2) is 0 Å². The van der Waals surface area contributed by atoms with Gasteiger partial charge in [-0.2, -0.15) is 0 Å². The van der Waals surface area contributed by atoms with Gasteiger partial charge in [-0.05, 0) is 24.0 Å². The standard InChI is InChI=1S/C14H21NO2/c1-2-14(16,10-15)9-13-12-6-4-3-5-11(12)7-8-17-13/h3-6,13,16H,2,7-10,15H2,1H3. The molecule has 1 aliphatic rings. The van der Waals surface area contributed by atoms with Crippen LogP contribution < -0.4 is 5.73 Å². The van der Waals surface area contributed by atoms with E-state index in [1.54, 1.807) is 0 Å². The smallest absolute Gasteiger partial charge is 0.0855 e. The minimum absolute atomic E-state index is 0.0200. The van der Waals surface area contributed by atoms with Crippen LogP contribution in [0.2, 0.25) is 0 Å². The lowest BCUT2D eigenvalue weighted by molar-refractivity contribution is -0.0432. The maximum Gasteiger partial charge on any atom is 0.0855 e. The molecule has 94 valence electrons. The van der Waals surface area contributed by atoms with Crippen molar-refractivity contribution in [1.82, 2.24) is 0 Å². The predicted octanol–water partition coefficient (Wildman–Crippen LogP) is 1.79. The molecule has 2 rings (SSSR count). The van der Waals surface area contributed by atoms with Gasteiger partial charge in [0.05, 0.1) is 18.3 Å². The van der Waals surface area contributed by atoms with Crippen molar-refractivity contribution in [3.8, 4) is 0 Å². The molecule has 1 aromatic carbocycles. The fraction of sp³-hybridized carbons (Fsp3) is 0.571. The zero-order valence-electron chi connectivity index (χ0n) is 10.4. The SMILES string of the molecule is CCC(O)(CN)CC1OCCc2ccccc21. The molecule has 0 spiro atoms. The third-order valence-electron chi connectivity index (χ3n) is 3.70. The second-order valence-electron chi connectivity index (χ2n) is 4.79. The summed E-state index contributed by atoms with van der Waals surface area (Å²) in [6, 6.07) is 8.30. The molecule has 2 unspecified atom stereocenters. The summed E-state index contributed by atoms with van der Waals surface area (Å²) in [6.07, 6.45) is 2.18. The first-order chi connectivity index (χ1) is 8.18. The van der Waals surface area contributed by atoms with Gasteiger partial charge in [-0.1, -0.05) is 31.2 Å². The lowest BCUT2D eigenvalue weighted by atomic mass is 9.87. The van der Waals surface area contributed by atoms with E-state index >= 15 is 0 Å². The molecular formula is C14H21NO2. The molecule has 1 heterocycles. The minimum atomic E-state index is -0.810. The van der Waals surface area contributed by atoms with Gasteiger partial charge in [0, 0.05) is 13.0 Å². The van der Waals surface area contributed by atoms with E-state index in [2.05, 4.69) is 18.2 Å². The summed E-state index contributed by atoms with van der Waals surface area (Å²) in [5.41, 5.74) is 7.38. The number of benzene rings is 1. The molecule has 0 bridgehead atoms. The number of rotatable bonds is 4. The van der Waals surface area contributed by atoms with Crippen LogP contribution in [-0.4, -0.2) is 23.9 Å². The summed E-state index contributed by atoms with van der Waals surface area (Å²) in [5, 5.41) is 10.3. The van der Waals surface area contributed by atoms with Crippen LogP contribution in [0.15, 0.2) is 24.3 Å². The van der Waals surface area contributed by atoms with E-state index in [-0.39, 0.29) is 12.6 Å². The number of ether oxygens (including phenoxy) is 1. The topological polar surface area (TPSA) is 55.5 Å². The highest BCUT2D eigenvalue weighted by molar-refractivity contribution is 5.31. The Labute approximate surface area is 103 Å². The van der Waals surface area contributed by atoms with E-state index in [9.17, 15) is 5.11 Å². The molecule has 0 aromatic heterocycles. The lowest BCUT2D eigenvalue weighted by Gasteiger charge is -2.33. The molecular weight excluding hydrogens is 214 g/mol. The van der Waals surface area contributed by atoms with E-state index in [0.29, 0.717) is 12.8 Å². The van der Waals surface area contributed by atoms with Crippen LogP contribution in [0.5, 0.6) is 0 Å². The fourth-order valence-corrected chi connectivity index (χ4v) is 2.36. The molecule has 17 heavy (non-hydrogen) atoms. The van der Waals surface area contributed by atoms with Crippen molar-refractivity contribution in [2.75, 3.05) is 13.2 Å². The van der Waals surface area contributed by atoms with Crippen molar-refractivity contribution < 1.29 is 9.84 Å². The number of fused-ring (bicyclic) bond motifs is 1. The molecule has 1 aliphatic heterocycles. The lowest BCUT2D eigenvalue weighted by Crippen LogP contribution is -2.39. The predicted molar refractivity (Wildman–Crippen MR) is 67.8 cm³/mol. The monoisotopic (exact) mass is 235 g/mol. The van der Waals surface area contributed by atoms with E-state index in [4.69, 9.17) is 10.5 Å². The van der Waals surface area contributed by atoms with E-state index in [1.807, 2.05) is 13.0 Å². The van der Waals surface area contributed by atoms with Crippen molar-refractivity contribution >= 4 is 0 Å². The molecule has 3 N–H and O–H groups in total. The molecule has 0 radical (unpaired) electrons. The number of nitrogens with two attached hydrogens (primary N) is 1. The maximum absolute atomic E-state index is 10.3. The van der Waals surface area contributed by atoms with Crippen molar-refractivity contribution in [2.24, 2.45) is 5.73 Å². The molecule has 0 saturated heterocycles. The first-order valence-corrected chi connectivity index (χ1v) is 6.30. The van der Waals surface area contributed by atoms with Crippen LogP contribution >= 0.6 is 0 Å². The fourth-order valence-electron chi connectivity index (χ4n) is 2.36. The number of aliphatic hydroxyl groups is 1. The summed E-state index contributed by atoms with van der Waals surface area (Å²) in [6.45, 7) is 2.97. The van der Waals surface area contributed by atoms with Gasteiger partial charge in [0.2, 0.25) is 0 Å². The minimum Gasteiger partial charge on any atom is -0.388 e. The van der Waals surface area contributed by atoms with Crippen molar-refractivity contribution in [3.05, 3.63) is 35.4 Å². The van der Waals surface area contributed by atoms with Gasteiger partial charge in [0.15, 0.2) is 0 Å². The summed E-state index contributed by atoms with van der Waals surface area (Å²) in [5.74, 6) is 0.